The molecule has 0 spiro atoms. The van der Waals surface area contributed by atoms with Gasteiger partial charge in [-0.25, -0.2) is 4.79 Å². The molecular weight excluding hydrogens is 298 g/mol. The summed E-state index contributed by atoms with van der Waals surface area (Å²) in [6.45, 7) is 4.59. The van der Waals surface area contributed by atoms with Crippen molar-refractivity contribution in [2.24, 2.45) is 5.92 Å². The highest BCUT2D eigenvalue weighted by atomic mass is 32.1. The Labute approximate surface area is 134 Å². The van der Waals surface area contributed by atoms with E-state index in [1.54, 1.807) is 30.3 Å². The fourth-order valence-corrected chi connectivity index (χ4v) is 2.38. The molecule has 116 valence electrons. The Hall–Kier alpha value is -2.14. The van der Waals surface area contributed by atoms with Gasteiger partial charge in [0, 0.05) is 5.69 Å². The molecule has 0 aliphatic rings. The number of amides is 1. The van der Waals surface area contributed by atoms with Crippen LogP contribution in [0.25, 0.3) is 0 Å². The van der Waals surface area contributed by atoms with Crippen LogP contribution in [0, 0.1) is 5.92 Å². The van der Waals surface area contributed by atoms with Gasteiger partial charge in [0.2, 0.25) is 0 Å². The molecule has 1 N–H and O–H groups in total. The van der Waals surface area contributed by atoms with Crippen molar-refractivity contribution in [3.05, 3.63) is 52.2 Å². The van der Waals surface area contributed by atoms with Crippen LogP contribution in [-0.2, 0) is 4.74 Å². The third kappa shape index (κ3) is 4.70. The minimum atomic E-state index is -0.336. The standard InChI is InChI=1S/C17H19NO3S/c1-12(2)9-10-21-17(20)13-5-7-14(8-6-13)18-16(19)15-4-3-11-22-15/h3-8,11-12H,9-10H2,1-2H3,(H,18,19). The Balaban J connectivity index is 1.90. The second kappa shape index (κ2) is 7.75. The molecule has 0 saturated carbocycles. The lowest BCUT2D eigenvalue weighted by molar-refractivity contribution is 0.0488. The van der Waals surface area contributed by atoms with E-state index in [1.807, 2.05) is 11.4 Å². The minimum absolute atomic E-state index is 0.151. The van der Waals surface area contributed by atoms with Gasteiger partial charge in [0.1, 0.15) is 0 Å². The predicted molar refractivity (Wildman–Crippen MR) is 88.5 cm³/mol. The fourth-order valence-electron chi connectivity index (χ4n) is 1.76. The summed E-state index contributed by atoms with van der Waals surface area (Å²) >= 11 is 1.38. The summed E-state index contributed by atoms with van der Waals surface area (Å²) in [6, 6.07) is 10.3. The molecule has 0 bridgehead atoms. The zero-order chi connectivity index (χ0) is 15.9. The van der Waals surface area contributed by atoms with Crippen LogP contribution in [0.3, 0.4) is 0 Å². The van der Waals surface area contributed by atoms with Crippen molar-refractivity contribution < 1.29 is 14.3 Å². The highest BCUT2D eigenvalue weighted by Gasteiger charge is 2.09. The summed E-state index contributed by atoms with van der Waals surface area (Å²) < 4.78 is 5.19. The number of nitrogens with one attached hydrogen (secondary N) is 1. The van der Waals surface area contributed by atoms with Crippen LogP contribution in [0.2, 0.25) is 0 Å². The summed E-state index contributed by atoms with van der Waals surface area (Å²) in [7, 11) is 0. The summed E-state index contributed by atoms with van der Waals surface area (Å²) in [4.78, 5) is 24.4. The van der Waals surface area contributed by atoms with E-state index in [-0.39, 0.29) is 11.9 Å². The van der Waals surface area contributed by atoms with Gasteiger partial charge in [-0.2, -0.15) is 0 Å². The Morgan fingerprint density at radius 3 is 2.50 bits per heavy atom. The Morgan fingerprint density at radius 1 is 1.18 bits per heavy atom. The average molecular weight is 317 g/mol. The SMILES string of the molecule is CC(C)CCOC(=O)c1ccc(NC(=O)c2cccs2)cc1. The number of thiophene rings is 1. The van der Waals surface area contributed by atoms with E-state index in [0.717, 1.165) is 6.42 Å². The van der Waals surface area contributed by atoms with Crippen LogP contribution in [-0.4, -0.2) is 18.5 Å². The first-order valence-electron chi connectivity index (χ1n) is 7.18. The largest absolute Gasteiger partial charge is 0.462 e. The van der Waals surface area contributed by atoms with Gasteiger partial charge in [-0.15, -0.1) is 11.3 Å². The zero-order valence-electron chi connectivity index (χ0n) is 12.7. The topological polar surface area (TPSA) is 55.4 Å². The summed E-state index contributed by atoms with van der Waals surface area (Å²) in [5, 5.41) is 4.64. The zero-order valence-corrected chi connectivity index (χ0v) is 13.5. The molecule has 2 aromatic rings. The lowest BCUT2D eigenvalue weighted by Gasteiger charge is -2.08. The van der Waals surface area contributed by atoms with Gasteiger partial charge >= 0.3 is 5.97 Å². The molecule has 0 aliphatic heterocycles. The van der Waals surface area contributed by atoms with Crippen molar-refractivity contribution in [2.45, 2.75) is 20.3 Å². The van der Waals surface area contributed by atoms with E-state index in [1.165, 1.54) is 11.3 Å². The first-order chi connectivity index (χ1) is 10.6. The molecule has 1 heterocycles. The van der Waals surface area contributed by atoms with Crippen molar-refractivity contribution in [1.82, 2.24) is 0 Å². The minimum Gasteiger partial charge on any atom is -0.462 e. The maximum atomic E-state index is 11.9. The maximum Gasteiger partial charge on any atom is 0.338 e. The molecule has 22 heavy (non-hydrogen) atoms. The molecule has 0 fully saturated rings. The maximum absolute atomic E-state index is 11.9. The molecule has 1 aromatic heterocycles. The summed E-state index contributed by atoms with van der Waals surface area (Å²) in [5.74, 6) is 0.0154. The van der Waals surface area contributed by atoms with E-state index in [0.29, 0.717) is 28.7 Å². The number of benzene rings is 1. The molecule has 1 amide bonds. The first-order valence-corrected chi connectivity index (χ1v) is 8.06. The van der Waals surface area contributed by atoms with Gasteiger partial charge in [0.05, 0.1) is 17.0 Å². The van der Waals surface area contributed by atoms with Gasteiger partial charge in [-0.3, -0.25) is 4.79 Å². The second-order valence-corrected chi connectivity index (χ2v) is 6.27. The molecule has 0 unspecified atom stereocenters. The van der Waals surface area contributed by atoms with Crippen LogP contribution in [0.4, 0.5) is 5.69 Å². The van der Waals surface area contributed by atoms with Crippen LogP contribution in [0.15, 0.2) is 41.8 Å². The Bertz CT molecular complexity index is 618. The van der Waals surface area contributed by atoms with Crippen LogP contribution in [0.5, 0.6) is 0 Å². The van der Waals surface area contributed by atoms with Crippen molar-refractivity contribution in [1.29, 1.82) is 0 Å². The number of carbonyl (C=O) groups is 2. The van der Waals surface area contributed by atoms with Crippen molar-refractivity contribution in [3.63, 3.8) is 0 Å². The van der Waals surface area contributed by atoms with Crippen LogP contribution < -0.4 is 5.32 Å². The van der Waals surface area contributed by atoms with Gasteiger partial charge in [0.15, 0.2) is 0 Å². The van der Waals surface area contributed by atoms with Gasteiger partial charge in [0.25, 0.3) is 5.91 Å². The molecule has 5 heteroatoms. The number of rotatable bonds is 6. The highest BCUT2D eigenvalue weighted by molar-refractivity contribution is 7.12. The Kier molecular flexibility index (Phi) is 5.72. The number of hydrogen-bond donors (Lipinski definition) is 1. The van der Waals surface area contributed by atoms with Gasteiger partial charge in [-0.05, 0) is 48.1 Å². The lowest BCUT2D eigenvalue weighted by Crippen LogP contribution is -2.11. The van der Waals surface area contributed by atoms with Crippen LogP contribution in [0.1, 0.15) is 40.3 Å². The van der Waals surface area contributed by atoms with Crippen molar-refractivity contribution >= 4 is 28.9 Å². The first kappa shape index (κ1) is 16.2. The third-order valence-electron chi connectivity index (χ3n) is 3.05. The molecule has 4 nitrogen and oxygen atoms in total. The quantitative estimate of drug-likeness (QED) is 0.812. The van der Waals surface area contributed by atoms with Crippen molar-refractivity contribution in [2.75, 3.05) is 11.9 Å². The average Bonchev–Trinajstić information content (AvgIpc) is 3.02. The van der Waals surface area contributed by atoms with E-state index >= 15 is 0 Å². The summed E-state index contributed by atoms with van der Waals surface area (Å²) in [6.07, 6.45) is 0.848. The van der Waals surface area contributed by atoms with Gasteiger partial charge < -0.3 is 10.1 Å². The normalized spacial score (nSPS) is 10.5. The summed E-state index contributed by atoms with van der Waals surface area (Å²) in [5.41, 5.74) is 1.13. The third-order valence-corrected chi connectivity index (χ3v) is 3.92. The number of esters is 1. The van der Waals surface area contributed by atoms with Crippen molar-refractivity contribution in [3.8, 4) is 0 Å². The molecule has 1 aromatic carbocycles. The van der Waals surface area contributed by atoms with Crippen LogP contribution >= 0.6 is 11.3 Å². The number of hydrogen-bond acceptors (Lipinski definition) is 4. The fraction of sp³-hybridized carbons (Fsp3) is 0.294. The number of anilines is 1. The lowest BCUT2D eigenvalue weighted by atomic mass is 10.1. The van der Waals surface area contributed by atoms with E-state index in [2.05, 4.69) is 19.2 Å². The smallest absolute Gasteiger partial charge is 0.338 e. The Morgan fingerprint density at radius 2 is 1.91 bits per heavy atom. The molecule has 0 aliphatic carbocycles. The molecule has 2 rings (SSSR count). The number of ether oxygens (including phenoxy) is 1. The molecule has 0 radical (unpaired) electrons. The molecule has 0 atom stereocenters. The van der Waals surface area contributed by atoms with E-state index in [4.69, 9.17) is 4.74 Å². The predicted octanol–water partition coefficient (Wildman–Crippen LogP) is 4.20. The number of carbonyl (C=O) groups excluding carboxylic acids is 2. The van der Waals surface area contributed by atoms with E-state index in [9.17, 15) is 9.59 Å². The van der Waals surface area contributed by atoms with E-state index < -0.39 is 0 Å². The molecule has 0 saturated heterocycles. The second-order valence-electron chi connectivity index (χ2n) is 5.33. The molecular formula is C17H19NO3S. The van der Waals surface area contributed by atoms with Gasteiger partial charge in [-0.1, -0.05) is 19.9 Å². The monoisotopic (exact) mass is 317 g/mol. The highest BCUT2D eigenvalue weighted by Crippen LogP contribution is 2.15.